The SMILES string of the molecule is CO.O=C(Nc1ccccc1)[C@H]1CCCN(C(=O)OCc2ccccc2)C1.O=C(Nc1ccccc1)[C@H]1CCCNC1.[CH3-].[Pd]. The van der Waals surface area contributed by atoms with Crippen molar-refractivity contribution < 1.29 is 44.6 Å². The summed E-state index contributed by atoms with van der Waals surface area (Å²) in [6.07, 6.45) is 3.30. The third kappa shape index (κ3) is 13.4. The van der Waals surface area contributed by atoms with Crippen LogP contribution in [0, 0.1) is 19.3 Å². The number of likely N-dealkylation sites (tertiary alicyclic amines) is 1. The van der Waals surface area contributed by atoms with Gasteiger partial charge in [0.15, 0.2) is 0 Å². The van der Waals surface area contributed by atoms with Crippen molar-refractivity contribution in [3.8, 4) is 0 Å². The average molecular weight is 696 g/mol. The number of anilines is 2. The Morgan fingerprint density at radius 2 is 1.30 bits per heavy atom. The molecule has 0 saturated carbocycles. The molecular weight excluding hydrogens is 651 g/mol. The molecule has 10 heteroatoms. The van der Waals surface area contributed by atoms with Crippen molar-refractivity contribution in [2.45, 2.75) is 32.3 Å². The Bertz CT molecular complexity index is 1210. The molecule has 5 rings (SSSR count). The summed E-state index contributed by atoms with van der Waals surface area (Å²) in [6.45, 7) is 3.11. The normalized spacial score (nSPS) is 16.9. The van der Waals surface area contributed by atoms with Crippen LogP contribution < -0.4 is 16.0 Å². The van der Waals surface area contributed by atoms with E-state index in [1.54, 1.807) is 4.90 Å². The van der Waals surface area contributed by atoms with E-state index in [2.05, 4.69) is 16.0 Å². The zero-order valence-corrected chi connectivity index (χ0v) is 27.1. The van der Waals surface area contributed by atoms with Gasteiger partial charge >= 0.3 is 6.09 Å². The van der Waals surface area contributed by atoms with Crippen LogP contribution in [0.3, 0.4) is 0 Å². The van der Waals surface area contributed by atoms with Crippen molar-refractivity contribution in [2.75, 3.05) is 43.9 Å². The number of aliphatic hydroxyl groups is 1. The van der Waals surface area contributed by atoms with Crippen LogP contribution in [0.2, 0.25) is 0 Å². The second-order valence-corrected chi connectivity index (χ2v) is 10.1. The minimum atomic E-state index is -0.360. The Morgan fingerprint density at radius 1 is 0.795 bits per heavy atom. The fourth-order valence-electron chi connectivity index (χ4n) is 4.77. The summed E-state index contributed by atoms with van der Waals surface area (Å²) >= 11 is 0. The van der Waals surface area contributed by atoms with Gasteiger partial charge in [0, 0.05) is 58.5 Å². The van der Waals surface area contributed by atoms with Gasteiger partial charge in [-0.2, -0.15) is 0 Å². The number of rotatable bonds is 6. The fourth-order valence-corrected chi connectivity index (χ4v) is 4.77. The van der Waals surface area contributed by atoms with Crippen LogP contribution in [0.25, 0.3) is 0 Å². The number of amides is 3. The smallest absolute Gasteiger partial charge is 0.410 e. The van der Waals surface area contributed by atoms with Crippen molar-refractivity contribution in [1.29, 1.82) is 0 Å². The molecule has 0 radical (unpaired) electrons. The Kier molecular flexibility index (Phi) is 19.3. The molecule has 3 aromatic rings. The van der Waals surface area contributed by atoms with Gasteiger partial charge in [0.25, 0.3) is 0 Å². The van der Waals surface area contributed by atoms with Crippen LogP contribution in [0.1, 0.15) is 31.2 Å². The Hall–Kier alpha value is -3.55. The van der Waals surface area contributed by atoms with Crippen LogP contribution in [-0.2, 0) is 41.4 Å². The standard InChI is InChI=1S/C20H22N2O3.C12H16N2O.CH4O.CH3.Pd/c23-19(21-18-11-5-2-6-12-18)17-10-7-13-22(14-17)20(24)25-15-16-8-3-1-4-9-16;15-12(10-5-4-8-13-9-10)14-11-6-2-1-3-7-11;1-2;;/h1-6,8-9,11-12,17H,7,10,13-15H2,(H,21,23);1-3,6-7,10,13H,4-5,8-9H2,(H,14,15);2H,1H3;1H3;/q;;;-1;/t17-;10-;;;/m00.../s1. The van der Waals surface area contributed by atoms with Crippen molar-refractivity contribution in [1.82, 2.24) is 10.2 Å². The summed E-state index contributed by atoms with van der Waals surface area (Å²) in [5.74, 6) is -0.00246. The van der Waals surface area contributed by atoms with Gasteiger partial charge in [0.1, 0.15) is 6.61 Å². The molecule has 9 nitrogen and oxygen atoms in total. The minimum Gasteiger partial charge on any atom is -0.445 e. The number of piperidine rings is 2. The quantitative estimate of drug-likeness (QED) is 0.204. The monoisotopic (exact) mass is 695 g/mol. The Morgan fingerprint density at radius 3 is 1.82 bits per heavy atom. The van der Waals surface area contributed by atoms with E-state index in [0.29, 0.717) is 13.1 Å². The van der Waals surface area contributed by atoms with Crippen LogP contribution in [0.4, 0.5) is 16.2 Å². The van der Waals surface area contributed by atoms with E-state index in [0.717, 1.165) is 62.8 Å². The van der Waals surface area contributed by atoms with Crippen LogP contribution in [-0.4, -0.2) is 61.2 Å². The number of para-hydroxylation sites is 2. The Balaban J connectivity index is 0.000000439. The second kappa shape index (κ2) is 22.0. The van der Waals surface area contributed by atoms with Crippen LogP contribution in [0.5, 0.6) is 0 Å². The van der Waals surface area contributed by atoms with Crippen molar-refractivity contribution in [3.63, 3.8) is 0 Å². The van der Waals surface area contributed by atoms with Gasteiger partial charge in [-0.1, -0.05) is 66.7 Å². The van der Waals surface area contributed by atoms with Crippen LogP contribution in [0.15, 0.2) is 91.0 Å². The van der Waals surface area contributed by atoms with Gasteiger partial charge in [-0.3, -0.25) is 9.59 Å². The zero-order valence-electron chi connectivity index (χ0n) is 25.5. The van der Waals surface area contributed by atoms with E-state index in [4.69, 9.17) is 9.84 Å². The number of nitrogens with one attached hydrogen (secondary N) is 3. The van der Waals surface area contributed by atoms with E-state index in [-0.39, 0.29) is 64.2 Å². The fraction of sp³-hybridized carbons (Fsp3) is 0.353. The first-order valence-corrected chi connectivity index (χ1v) is 14.4. The molecule has 2 atom stereocenters. The van der Waals surface area contributed by atoms with Crippen molar-refractivity contribution >= 4 is 29.3 Å². The van der Waals surface area contributed by atoms with Gasteiger partial charge in [0.2, 0.25) is 11.8 Å². The molecule has 44 heavy (non-hydrogen) atoms. The average Bonchev–Trinajstić information content (AvgIpc) is 3.07. The number of hydrogen-bond acceptors (Lipinski definition) is 6. The summed E-state index contributed by atoms with van der Waals surface area (Å²) in [6, 6.07) is 28.6. The number of carbonyl (C=O) groups excluding carboxylic acids is 3. The number of ether oxygens (including phenoxy) is 1. The first-order valence-electron chi connectivity index (χ1n) is 14.4. The number of benzene rings is 3. The summed E-state index contributed by atoms with van der Waals surface area (Å²) < 4.78 is 5.37. The Labute approximate surface area is 275 Å². The molecule has 2 aliphatic heterocycles. The first kappa shape index (κ1) is 38.5. The maximum Gasteiger partial charge on any atom is 0.410 e. The molecule has 0 aromatic heterocycles. The van der Waals surface area contributed by atoms with Gasteiger partial charge in [-0.15, -0.1) is 0 Å². The number of aliphatic hydroxyl groups excluding tert-OH is 1. The van der Waals surface area contributed by atoms with E-state index in [1.165, 1.54) is 0 Å². The van der Waals surface area contributed by atoms with E-state index in [9.17, 15) is 14.4 Å². The van der Waals surface area contributed by atoms with E-state index in [1.807, 2.05) is 91.0 Å². The van der Waals surface area contributed by atoms with Crippen molar-refractivity contribution in [3.05, 3.63) is 104 Å². The van der Waals surface area contributed by atoms with E-state index < -0.39 is 0 Å². The molecule has 0 aliphatic carbocycles. The number of hydrogen-bond donors (Lipinski definition) is 4. The predicted octanol–water partition coefficient (Wildman–Crippen LogP) is 5.35. The maximum absolute atomic E-state index is 12.4. The second-order valence-electron chi connectivity index (χ2n) is 10.1. The summed E-state index contributed by atoms with van der Waals surface area (Å²) in [4.78, 5) is 38.1. The van der Waals surface area contributed by atoms with E-state index >= 15 is 0 Å². The number of carbonyl (C=O) groups is 3. The molecular formula is C34H45N4O5Pd-. The van der Waals surface area contributed by atoms with Crippen molar-refractivity contribution in [2.24, 2.45) is 11.8 Å². The van der Waals surface area contributed by atoms with Gasteiger partial charge in [-0.05, 0) is 62.1 Å². The molecule has 3 aromatic carbocycles. The molecule has 0 unspecified atom stereocenters. The third-order valence-corrected chi connectivity index (χ3v) is 7.01. The van der Waals surface area contributed by atoms with Crippen LogP contribution >= 0.6 is 0 Å². The van der Waals surface area contributed by atoms with Gasteiger partial charge < -0.3 is 38.1 Å². The molecule has 2 saturated heterocycles. The molecule has 0 spiro atoms. The molecule has 4 N–H and O–H groups in total. The summed E-state index contributed by atoms with van der Waals surface area (Å²) in [7, 11) is 1.00. The molecule has 3 amide bonds. The largest absolute Gasteiger partial charge is 0.445 e. The molecule has 242 valence electrons. The predicted molar refractivity (Wildman–Crippen MR) is 171 cm³/mol. The summed E-state index contributed by atoms with van der Waals surface area (Å²) in [5.41, 5.74) is 2.61. The van der Waals surface area contributed by atoms with Gasteiger partial charge in [-0.25, -0.2) is 4.79 Å². The molecule has 0 bridgehead atoms. The maximum atomic E-state index is 12.4. The van der Waals surface area contributed by atoms with Gasteiger partial charge in [0.05, 0.1) is 11.8 Å². The minimum absolute atomic E-state index is 0. The number of nitrogens with zero attached hydrogens (tertiary/aromatic N) is 1. The third-order valence-electron chi connectivity index (χ3n) is 7.01. The zero-order chi connectivity index (χ0) is 30.0. The molecule has 2 heterocycles. The molecule has 2 fully saturated rings. The first-order chi connectivity index (χ1) is 20.6. The molecule has 2 aliphatic rings. The summed E-state index contributed by atoms with van der Waals surface area (Å²) in [5, 5.41) is 16.1. The topological polar surface area (TPSA) is 120 Å².